The lowest BCUT2D eigenvalue weighted by molar-refractivity contribution is -0.384. The number of hydrogen-bond acceptors (Lipinski definition) is 5. The number of nitrogens with one attached hydrogen (secondary N) is 1. The summed E-state index contributed by atoms with van der Waals surface area (Å²) >= 11 is 0. The Hall–Kier alpha value is -3.48. The molecular weight excluding hydrogens is 358 g/mol. The number of fused-ring (bicyclic) bond motifs is 2. The predicted molar refractivity (Wildman–Crippen MR) is 105 cm³/mol. The fraction of sp³-hybridized carbons (Fsp3) is 0.238. The highest BCUT2D eigenvalue weighted by Crippen LogP contribution is 2.46. The van der Waals surface area contributed by atoms with Crippen molar-refractivity contribution < 1.29 is 14.5 Å². The summed E-state index contributed by atoms with van der Waals surface area (Å²) < 4.78 is 0. The summed E-state index contributed by atoms with van der Waals surface area (Å²) in [7, 11) is 0. The number of Topliss-reactive ketones (excluding diaryl/α,β-unsaturated/α-hetero) is 1. The number of ketones is 1. The van der Waals surface area contributed by atoms with Crippen LogP contribution in [0.3, 0.4) is 0 Å². The number of allylic oxidation sites excluding steroid dienone is 1. The minimum Gasteiger partial charge on any atom is -0.357 e. The molecule has 2 aromatic carbocycles. The van der Waals surface area contributed by atoms with Crippen LogP contribution in [0.15, 0.2) is 60.3 Å². The molecule has 0 spiro atoms. The highest BCUT2D eigenvalue weighted by molar-refractivity contribution is 6.00. The molecule has 1 amide bonds. The van der Waals surface area contributed by atoms with Crippen LogP contribution in [-0.4, -0.2) is 16.6 Å². The summed E-state index contributed by atoms with van der Waals surface area (Å²) in [6.45, 7) is 1.45. The number of carbonyl (C=O) groups is 2. The molecule has 28 heavy (non-hydrogen) atoms. The quantitative estimate of drug-likeness (QED) is 0.631. The van der Waals surface area contributed by atoms with Crippen molar-refractivity contribution in [1.82, 2.24) is 0 Å². The third kappa shape index (κ3) is 2.94. The maximum atomic E-state index is 13.0. The van der Waals surface area contributed by atoms with Crippen molar-refractivity contribution in [3.63, 3.8) is 0 Å². The van der Waals surface area contributed by atoms with Gasteiger partial charge in [-0.25, -0.2) is 0 Å². The number of nitro benzene ring substituents is 1. The normalized spacial score (nSPS) is 21.0. The molecule has 0 bridgehead atoms. The summed E-state index contributed by atoms with van der Waals surface area (Å²) in [6.07, 6.45) is 2.99. The number of nitrogens with zero attached hydrogens (tertiary/aromatic N) is 2. The van der Waals surface area contributed by atoms with Gasteiger partial charge in [-0.15, -0.1) is 0 Å². The lowest BCUT2D eigenvalue weighted by Crippen LogP contribution is -2.41. The van der Waals surface area contributed by atoms with Crippen LogP contribution in [0, 0.1) is 16.0 Å². The average molecular weight is 377 g/mol. The zero-order valence-electron chi connectivity index (χ0n) is 15.3. The molecule has 1 heterocycles. The number of benzene rings is 2. The van der Waals surface area contributed by atoms with E-state index in [0.29, 0.717) is 24.1 Å². The van der Waals surface area contributed by atoms with Gasteiger partial charge in [0.1, 0.15) is 5.78 Å². The van der Waals surface area contributed by atoms with E-state index in [0.717, 1.165) is 11.4 Å². The number of carbonyl (C=O) groups excluding carboxylic acids is 2. The molecular formula is C21H19N3O4. The highest BCUT2D eigenvalue weighted by Gasteiger charge is 2.42. The first-order valence-corrected chi connectivity index (χ1v) is 9.10. The number of hydrogen-bond donors (Lipinski definition) is 1. The second-order valence-corrected chi connectivity index (χ2v) is 6.97. The summed E-state index contributed by atoms with van der Waals surface area (Å²) in [5.74, 6) is -0.821. The van der Waals surface area contributed by atoms with Gasteiger partial charge in [0.25, 0.3) is 5.69 Å². The molecule has 7 heteroatoms. The SMILES string of the molecule is CC(=O)N1c2ccccc2NC2=CCCC(=O)[C@H]2[C@H]1c1cccc([N+](=O)[O-])c1. The zero-order valence-corrected chi connectivity index (χ0v) is 15.3. The summed E-state index contributed by atoms with van der Waals surface area (Å²) in [6, 6.07) is 12.9. The zero-order chi connectivity index (χ0) is 19.8. The minimum atomic E-state index is -0.660. The van der Waals surface area contributed by atoms with E-state index in [9.17, 15) is 19.7 Å². The lowest BCUT2D eigenvalue weighted by Gasteiger charge is -2.35. The number of amides is 1. The molecule has 1 aliphatic heterocycles. The molecule has 7 nitrogen and oxygen atoms in total. The Balaban J connectivity index is 1.98. The molecule has 2 aliphatic rings. The number of para-hydroxylation sites is 2. The van der Waals surface area contributed by atoms with Crippen LogP contribution in [0.1, 0.15) is 31.4 Å². The molecule has 1 aliphatic carbocycles. The van der Waals surface area contributed by atoms with E-state index < -0.39 is 16.9 Å². The third-order valence-corrected chi connectivity index (χ3v) is 5.24. The van der Waals surface area contributed by atoms with Gasteiger partial charge < -0.3 is 10.2 Å². The Bertz CT molecular complexity index is 1010. The fourth-order valence-corrected chi connectivity index (χ4v) is 4.07. The molecule has 1 N–H and O–H groups in total. The molecule has 0 unspecified atom stereocenters. The number of non-ortho nitro benzene ring substituents is 1. The largest absolute Gasteiger partial charge is 0.357 e. The van der Waals surface area contributed by atoms with E-state index in [2.05, 4.69) is 5.32 Å². The first kappa shape index (κ1) is 17.9. The molecule has 4 rings (SSSR count). The van der Waals surface area contributed by atoms with Crippen molar-refractivity contribution in [1.29, 1.82) is 0 Å². The van der Waals surface area contributed by atoms with Gasteiger partial charge in [-0.1, -0.05) is 30.3 Å². The van der Waals surface area contributed by atoms with Gasteiger partial charge in [0.2, 0.25) is 5.91 Å². The van der Waals surface area contributed by atoms with Gasteiger partial charge in [-0.3, -0.25) is 19.7 Å². The van der Waals surface area contributed by atoms with Crippen molar-refractivity contribution in [2.75, 3.05) is 10.2 Å². The van der Waals surface area contributed by atoms with Crippen molar-refractivity contribution in [2.24, 2.45) is 5.92 Å². The molecule has 2 atom stereocenters. The van der Waals surface area contributed by atoms with Gasteiger partial charge in [-0.2, -0.15) is 0 Å². The number of nitro groups is 1. The monoisotopic (exact) mass is 377 g/mol. The molecule has 2 aromatic rings. The van der Waals surface area contributed by atoms with Crippen LogP contribution in [0.5, 0.6) is 0 Å². The number of anilines is 2. The Morgan fingerprint density at radius 1 is 1.21 bits per heavy atom. The molecule has 0 saturated carbocycles. The van der Waals surface area contributed by atoms with Gasteiger partial charge >= 0.3 is 0 Å². The second-order valence-electron chi connectivity index (χ2n) is 6.97. The van der Waals surface area contributed by atoms with Gasteiger partial charge in [0.15, 0.2) is 0 Å². The van der Waals surface area contributed by atoms with E-state index in [1.807, 2.05) is 30.3 Å². The first-order valence-electron chi connectivity index (χ1n) is 9.10. The Morgan fingerprint density at radius 2 is 2.00 bits per heavy atom. The van der Waals surface area contributed by atoms with E-state index in [1.165, 1.54) is 19.1 Å². The summed E-state index contributed by atoms with van der Waals surface area (Å²) in [5.41, 5.74) is 2.62. The molecule has 0 saturated heterocycles. The predicted octanol–water partition coefficient (Wildman–Crippen LogP) is 3.98. The smallest absolute Gasteiger partial charge is 0.269 e. The van der Waals surface area contributed by atoms with Crippen LogP contribution < -0.4 is 10.2 Å². The van der Waals surface area contributed by atoms with Crippen molar-refractivity contribution in [3.8, 4) is 0 Å². The van der Waals surface area contributed by atoms with Gasteiger partial charge in [0.05, 0.1) is 28.3 Å². The Morgan fingerprint density at radius 3 is 2.75 bits per heavy atom. The van der Waals surface area contributed by atoms with Gasteiger partial charge in [0, 0.05) is 31.2 Å². The minimum absolute atomic E-state index is 0.0144. The van der Waals surface area contributed by atoms with Crippen LogP contribution >= 0.6 is 0 Å². The Kier molecular flexibility index (Phi) is 4.43. The second kappa shape index (κ2) is 6.92. The van der Waals surface area contributed by atoms with Crippen LogP contribution in [-0.2, 0) is 9.59 Å². The van der Waals surface area contributed by atoms with E-state index in [-0.39, 0.29) is 17.4 Å². The molecule has 0 fully saturated rings. The molecule has 142 valence electrons. The highest BCUT2D eigenvalue weighted by atomic mass is 16.6. The average Bonchev–Trinajstić information content (AvgIpc) is 2.83. The molecule has 0 aromatic heterocycles. The maximum absolute atomic E-state index is 13.0. The standard InChI is InChI=1S/C21H19N3O4/c1-13(25)23-18-10-3-2-8-16(18)22-17-9-5-11-19(26)20(17)21(23)14-6-4-7-15(12-14)24(27)28/h2-4,6-10,12,20-22H,5,11H2,1H3/t20-,21+/m0/s1. The van der Waals surface area contributed by atoms with Crippen LogP contribution in [0.4, 0.5) is 17.1 Å². The van der Waals surface area contributed by atoms with Crippen molar-refractivity contribution >= 4 is 28.8 Å². The summed E-state index contributed by atoms with van der Waals surface area (Å²) in [5, 5.41) is 14.6. The van der Waals surface area contributed by atoms with Crippen molar-refractivity contribution in [2.45, 2.75) is 25.8 Å². The Labute approximate surface area is 161 Å². The molecule has 0 radical (unpaired) electrons. The van der Waals surface area contributed by atoms with Crippen LogP contribution in [0.25, 0.3) is 0 Å². The lowest BCUT2D eigenvalue weighted by atomic mass is 9.81. The van der Waals surface area contributed by atoms with E-state index in [1.54, 1.807) is 17.0 Å². The third-order valence-electron chi connectivity index (χ3n) is 5.24. The van der Waals surface area contributed by atoms with Crippen LogP contribution in [0.2, 0.25) is 0 Å². The van der Waals surface area contributed by atoms with Crippen molar-refractivity contribution in [3.05, 3.63) is 76.0 Å². The van der Waals surface area contributed by atoms with E-state index in [4.69, 9.17) is 0 Å². The summed E-state index contributed by atoms with van der Waals surface area (Å²) in [4.78, 5) is 38.1. The first-order chi connectivity index (χ1) is 13.5. The topological polar surface area (TPSA) is 92.6 Å². The van der Waals surface area contributed by atoms with Gasteiger partial charge in [-0.05, 0) is 24.1 Å². The fourth-order valence-electron chi connectivity index (χ4n) is 4.07. The number of rotatable bonds is 2. The maximum Gasteiger partial charge on any atom is 0.269 e. The van der Waals surface area contributed by atoms with E-state index >= 15 is 0 Å².